The van der Waals surface area contributed by atoms with Gasteiger partial charge in [-0.3, -0.25) is 9.59 Å². The minimum absolute atomic E-state index is 0.111. The van der Waals surface area contributed by atoms with Gasteiger partial charge in [0, 0.05) is 33.9 Å². The fourth-order valence-electron chi connectivity index (χ4n) is 3.79. The number of rotatable bonds is 6. The van der Waals surface area contributed by atoms with E-state index < -0.39 is 17.7 Å². The van der Waals surface area contributed by atoms with Gasteiger partial charge >= 0.3 is 11.9 Å². The zero-order valence-corrected chi connectivity index (χ0v) is 19.4. The van der Waals surface area contributed by atoms with Crippen molar-refractivity contribution in [3.8, 4) is 11.5 Å². The zero-order chi connectivity index (χ0) is 25.1. The lowest BCUT2D eigenvalue weighted by molar-refractivity contribution is -0.152. The van der Waals surface area contributed by atoms with Crippen molar-refractivity contribution in [2.75, 3.05) is 11.9 Å². The Morgan fingerprint density at radius 3 is 2.31 bits per heavy atom. The quantitative estimate of drug-likeness (QED) is 0.220. The zero-order valence-electron chi connectivity index (χ0n) is 19.4. The van der Waals surface area contributed by atoms with Crippen molar-refractivity contribution in [1.82, 2.24) is 4.98 Å². The molecular weight excluding hydrogens is 451 g/mol. The van der Waals surface area contributed by atoms with Crippen molar-refractivity contribution < 1.29 is 28.2 Å². The van der Waals surface area contributed by atoms with Crippen LogP contribution in [0.1, 0.15) is 34.0 Å². The summed E-state index contributed by atoms with van der Waals surface area (Å²) in [7, 11) is 0. The Labute approximate surface area is 200 Å². The van der Waals surface area contributed by atoms with Crippen LogP contribution < -0.4 is 10.1 Å². The van der Waals surface area contributed by atoms with E-state index in [4.69, 9.17) is 9.47 Å². The smallest absolute Gasteiger partial charge is 0.397 e. The van der Waals surface area contributed by atoms with E-state index in [2.05, 4.69) is 10.3 Å². The number of benzene rings is 3. The van der Waals surface area contributed by atoms with Gasteiger partial charge in [-0.1, -0.05) is 0 Å². The van der Waals surface area contributed by atoms with Gasteiger partial charge in [0.05, 0.1) is 6.61 Å². The summed E-state index contributed by atoms with van der Waals surface area (Å²) in [6, 6.07) is 14.1. The van der Waals surface area contributed by atoms with Crippen LogP contribution in [0.3, 0.4) is 0 Å². The number of aromatic amines is 1. The van der Waals surface area contributed by atoms with Gasteiger partial charge in [-0.25, -0.2) is 9.18 Å². The lowest BCUT2D eigenvalue weighted by Gasteiger charge is -2.14. The minimum atomic E-state index is -0.950. The summed E-state index contributed by atoms with van der Waals surface area (Å²) in [6.07, 6.45) is 1.62. The van der Waals surface area contributed by atoms with Crippen LogP contribution in [0.2, 0.25) is 0 Å². The first kappa shape index (κ1) is 23.7. The van der Waals surface area contributed by atoms with Gasteiger partial charge in [0.25, 0.3) is 0 Å². The second kappa shape index (κ2) is 9.80. The van der Waals surface area contributed by atoms with Gasteiger partial charge in [-0.05, 0) is 86.5 Å². The Bertz CT molecular complexity index is 1420. The molecule has 178 valence electrons. The molecule has 0 aliphatic carbocycles. The van der Waals surface area contributed by atoms with Crippen LogP contribution in [-0.2, 0) is 14.3 Å². The summed E-state index contributed by atoms with van der Waals surface area (Å²) in [5.41, 5.74) is 3.50. The van der Waals surface area contributed by atoms with Gasteiger partial charge in [-0.15, -0.1) is 0 Å². The molecule has 7 nitrogen and oxygen atoms in total. The predicted octanol–water partition coefficient (Wildman–Crippen LogP) is 5.45. The first-order valence-electron chi connectivity index (χ1n) is 11.0. The number of carbonyl (C=O) groups excluding carboxylic acids is 3. The molecule has 0 radical (unpaired) electrons. The molecule has 0 fully saturated rings. The average Bonchev–Trinajstić information content (AvgIpc) is 3.25. The van der Waals surface area contributed by atoms with E-state index in [0.29, 0.717) is 33.7 Å². The second-order valence-electron chi connectivity index (χ2n) is 7.96. The number of H-pyrrole nitrogens is 1. The van der Waals surface area contributed by atoms with E-state index in [0.717, 1.165) is 16.6 Å². The minimum Gasteiger partial charge on any atom is -0.459 e. The molecule has 0 spiro atoms. The Morgan fingerprint density at radius 1 is 0.971 bits per heavy atom. The fraction of sp³-hybridized carbons (Fsp3) is 0.148. The van der Waals surface area contributed by atoms with Crippen LogP contribution >= 0.6 is 0 Å². The maximum absolute atomic E-state index is 13.2. The van der Waals surface area contributed by atoms with E-state index in [-0.39, 0.29) is 12.4 Å². The summed E-state index contributed by atoms with van der Waals surface area (Å²) in [6.45, 7) is 5.37. The van der Waals surface area contributed by atoms with Gasteiger partial charge in [0.2, 0.25) is 0 Å². The largest absolute Gasteiger partial charge is 0.459 e. The third-order valence-corrected chi connectivity index (χ3v) is 5.40. The second-order valence-corrected chi connectivity index (χ2v) is 7.96. The summed E-state index contributed by atoms with van der Waals surface area (Å²) < 4.78 is 24.1. The molecule has 35 heavy (non-hydrogen) atoms. The van der Waals surface area contributed by atoms with E-state index in [9.17, 15) is 18.8 Å². The number of ketones is 1. The SMILES string of the molecule is CCOC(=O)C(=O)Nc1cc(C)c(Oc2ccc3[nH]cc(C(=O)c4ccc(F)cc4)c3c2)c(C)c1. The van der Waals surface area contributed by atoms with Gasteiger partial charge in [0.1, 0.15) is 17.3 Å². The van der Waals surface area contributed by atoms with E-state index in [1.807, 2.05) is 19.9 Å². The molecule has 0 aliphatic heterocycles. The van der Waals surface area contributed by atoms with Crippen LogP contribution in [0.5, 0.6) is 11.5 Å². The third-order valence-electron chi connectivity index (χ3n) is 5.40. The highest BCUT2D eigenvalue weighted by atomic mass is 19.1. The third kappa shape index (κ3) is 5.06. The van der Waals surface area contributed by atoms with Crippen molar-refractivity contribution >= 4 is 34.3 Å². The molecule has 1 heterocycles. The molecule has 0 saturated heterocycles. The molecule has 0 bridgehead atoms. The fourth-order valence-corrected chi connectivity index (χ4v) is 3.79. The van der Waals surface area contributed by atoms with Crippen molar-refractivity contribution in [3.05, 3.63) is 88.9 Å². The van der Waals surface area contributed by atoms with Crippen LogP contribution in [0.25, 0.3) is 10.9 Å². The molecule has 0 saturated carbocycles. The Morgan fingerprint density at radius 2 is 1.66 bits per heavy atom. The van der Waals surface area contributed by atoms with Crippen LogP contribution in [0.15, 0.2) is 60.8 Å². The van der Waals surface area contributed by atoms with Crippen LogP contribution in [-0.4, -0.2) is 29.3 Å². The molecular formula is C27H23FN2O5. The van der Waals surface area contributed by atoms with E-state index in [1.54, 1.807) is 37.4 Å². The summed E-state index contributed by atoms with van der Waals surface area (Å²) in [5, 5.41) is 3.20. The van der Waals surface area contributed by atoms with Gasteiger partial charge in [-0.2, -0.15) is 0 Å². The molecule has 0 atom stereocenters. The number of hydrogen-bond donors (Lipinski definition) is 2. The molecule has 3 aromatic carbocycles. The topological polar surface area (TPSA) is 97.5 Å². The molecule has 4 aromatic rings. The number of esters is 1. The van der Waals surface area contributed by atoms with Crippen molar-refractivity contribution in [2.24, 2.45) is 0 Å². The molecule has 2 N–H and O–H groups in total. The number of amides is 1. The number of hydrogen-bond acceptors (Lipinski definition) is 5. The summed E-state index contributed by atoms with van der Waals surface area (Å²) >= 11 is 0. The average molecular weight is 474 g/mol. The van der Waals surface area contributed by atoms with E-state index >= 15 is 0 Å². The number of aryl methyl sites for hydroxylation is 2. The highest BCUT2D eigenvalue weighted by molar-refractivity contribution is 6.37. The molecule has 0 unspecified atom stereocenters. The van der Waals surface area contributed by atoms with Gasteiger partial charge < -0.3 is 19.8 Å². The lowest BCUT2D eigenvalue weighted by atomic mass is 10.0. The molecule has 4 rings (SSSR count). The van der Waals surface area contributed by atoms with Crippen LogP contribution in [0, 0.1) is 19.7 Å². The Balaban J connectivity index is 1.59. The number of halogens is 1. The summed E-state index contributed by atoms with van der Waals surface area (Å²) in [5.74, 6) is -1.35. The molecule has 8 heteroatoms. The highest BCUT2D eigenvalue weighted by Crippen LogP contribution is 2.34. The highest BCUT2D eigenvalue weighted by Gasteiger charge is 2.18. The Hall–Kier alpha value is -4.46. The van der Waals surface area contributed by atoms with Crippen molar-refractivity contribution in [1.29, 1.82) is 0 Å². The monoisotopic (exact) mass is 474 g/mol. The maximum atomic E-state index is 13.2. The molecule has 1 aromatic heterocycles. The Kier molecular flexibility index (Phi) is 6.64. The van der Waals surface area contributed by atoms with Crippen molar-refractivity contribution in [3.63, 3.8) is 0 Å². The maximum Gasteiger partial charge on any atom is 0.397 e. The lowest BCUT2D eigenvalue weighted by Crippen LogP contribution is -2.25. The number of anilines is 1. The number of ether oxygens (including phenoxy) is 2. The number of aromatic nitrogens is 1. The first-order chi connectivity index (χ1) is 16.8. The molecule has 1 amide bonds. The van der Waals surface area contributed by atoms with Crippen LogP contribution in [0.4, 0.5) is 10.1 Å². The van der Waals surface area contributed by atoms with Gasteiger partial charge in [0.15, 0.2) is 5.78 Å². The predicted molar refractivity (Wildman–Crippen MR) is 129 cm³/mol. The first-order valence-corrected chi connectivity index (χ1v) is 11.0. The number of fused-ring (bicyclic) bond motifs is 1. The molecule has 0 aliphatic rings. The summed E-state index contributed by atoms with van der Waals surface area (Å²) in [4.78, 5) is 39.6. The number of carbonyl (C=O) groups is 3. The number of nitrogens with one attached hydrogen (secondary N) is 2. The normalized spacial score (nSPS) is 10.7. The standard InChI is InChI=1S/C27H23FN2O5/c1-4-34-27(33)26(32)30-19-11-15(2)25(16(3)12-19)35-20-9-10-23-21(13-20)22(14-29-23)24(31)17-5-7-18(28)8-6-17/h5-14,29H,4H2,1-3H3,(H,30,32). The van der Waals surface area contributed by atoms with E-state index in [1.165, 1.54) is 24.3 Å². The van der Waals surface area contributed by atoms with Crippen molar-refractivity contribution in [2.45, 2.75) is 20.8 Å².